The molecule has 2 heterocycles. The molecule has 0 bridgehead atoms. The number of aromatic nitrogens is 2. The number of aromatic amines is 1. The van der Waals surface area contributed by atoms with Crippen molar-refractivity contribution in [1.29, 1.82) is 0 Å². The Kier molecular flexibility index (Phi) is 6.13. The molecular weight excluding hydrogens is 410 g/mol. The van der Waals surface area contributed by atoms with Crippen molar-refractivity contribution in [1.82, 2.24) is 15.1 Å². The second-order valence-corrected chi connectivity index (χ2v) is 8.59. The predicted molar refractivity (Wildman–Crippen MR) is 130 cm³/mol. The summed E-state index contributed by atoms with van der Waals surface area (Å²) in [6.07, 6.45) is 0.957. The number of hydrogen-bond donors (Lipinski definition) is 1. The van der Waals surface area contributed by atoms with Gasteiger partial charge in [0.05, 0.1) is 7.11 Å². The number of nitrogens with zero attached hydrogens (tertiary/aromatic N) is 2. The van der Waals surface area contributed by atoms with Crippen molar-refractivity contribution in [2.75, 3.05) is 13.7 Å². The molecule has 1 aliphatic rings. The summed E-state index contributed by atoms with van der Waals surface area (Å²) in [5.74, 6) is 1.45. The van der Waals surface area contributed by atoms with Crippen LogP contribution in [0.4, 0.5) is 0 Å². The van der Waals surface area contributed by atoms with Crippen LogP contribution in [0.2, 0.25) is 0 Å². The molecule has 1 N–H and O–H groups in total. The highest BCUT2D eigenvalue weighted by molar-refractivity contribution is 5.74. The summed E-state index contributed by atoms with van der Waals surface area (Å²) in [5.41, 5.74) is 8.03. The third kappa shape index (κ3) is 4.64. The molecule has 0 radical (unpaired) electrons. The summed E-state index contributed by atoms with van der Waals surface area (Å²) in [6, 6.07) is 25.0. The lowest BCUT2D eigenvalue weighted by atomic mass is 9.99. The van der Waals surface area contributed by atoms with Gasteiger partial charge < -0.3 is 9.47 Å². The Bertz CT molecular complexity index is 1230. The van der Waals surface area contributed by atoms with Crippen LogP contribution in [-0.2, 0) is 26.1 Å². The van der Waals surface area contributed by atoms with Crippen LogP contribution in [0.3, 0.4) is 0 Å². The van der Waals surface area contributed by atoms with Crippen molar-refractivity contribution in [3.63, 3.8) is 0 Å². The topological polar surface area (TPSA) is 50.4 Å². The Morgan fingerprint density at radius 1 is 0.970 bits per heavy atom. The number of hydrogen-bond acceptors (Lipinski definition) is 4. The molecule has 0 fully saturated rings. The minimum absolute atomic E-state index is 0.474. The molecule has 0 atom stereocenters. The van der Waals surface area contributed by atoms with Crippen molar-refractivity contribution in [2.24, 2.45) is 0 Å². The second kappa shape index (κ2) is 9.51. The Hall–Kier alpha value is -3.57. The maximum Gasteiger partial charge on any atom is 0.171 e. The van der Waals surface area contributed by atoms with Gasteiger partial charge in [0.25, 0.3) is 0 Å². The molecule has 168 valence electrons. The first-order valence-electron chi connectivity index (χ1n) is 11.4. The molecule has 33 heavy (non-hydrogen) atoms. The van der Waals surface area contributed by atoms with Crippen LogP contribution in [-0.4, -0.2) is 28.8 Å². The van der Waals surface area contributed by atoms with Gasteiger partial charge in [0.1, 0.15) is 12.3 Å². The molecule has 5 rings (SSSR count). The molecule has 0 saturated carbocycles. The largest absolute Gasteiger partial charge is 0.493 e. The molecule has 0 saturated heterocycles. The van der Waals surface area contributed by atoms with Gasteiger partial charge in [-0.25, -0.2) is 0 Å². The lowest BCUT2D eigenvalue weighted by molar-refractivity contribution is 0.245. The van der Waals surface area contributed by atoms with Crippen molar-refractivity contribution < 1.29 is 9.47 Å². The first-order valence-corrected chi connectivity index (χ1v) is 11.4. The maximum atomic E-state index is 6.35. The Morgan fingerprint density at radius 3 is 2.61 bits per heavy atom. The molecule has 5 heteroatoms. The van der Waals surface area contributed by atoms with E-state index in [9.17, 15) is 0 Å². The molecule has 0 aliphatic carbocycles. The van der Waals surface area contributed by atoms with E-state index in [-0.39, 0.29) is 0 Å². The Labute approximate surface area is 195 Å². The van der Waals surface area contributed by atoms with Gasteiger partial charge >= 0.3 is 0 Å². The predicted octanol–water partition coefficient (Wildman–Crippen LogP) is 5.53. The number of benzene rings is 3. The van der Waals surface area contributed by atoms with E-state index in [1.807, 2.05) is 12.1 Å². The third-order valence-electron chi connectivity index (χ3n) is 6.18. The molecule has 3 aromatic carbocycles. The SMILES string of the molecule is COc1cccc(-c2n[nH]c3c2CN(Cc2ccccc2)CC3)c1OCc1cccc(C)c1. The van der Waals surface area contributed by atoms with E-state index >= 15 is 0 Å². The molecule has 1 aromatic heterocycles. The third-order valence-corrected chi connectivity index (χ3v) is 6.18. The fraction of sp³-hybridized carbons (Fsp3) is 0.250. The molecule has 0 amide bonds. The highest BCUT2D eigenvalue weighted by Gasteiger charge is 2.25. The zero-order valence-electron chi connectivity index (χ0n) is 19.2. The van der Waals surface area contributed by atoms with Gasteiger partial charge in [-0.15, -0.1) is 0 Å². The number of rotatable bonds is 7. The number of nitrogens with one attached hydrogen (secondary N) is 1. The average Bonchev–Trinajstić information content (AvgIpc) is 3.26. The Morgan fingerprint density at radius 2 is 1.79 bits per heavy atom. The van der Waals surface area contributed by atoms with Gasteiger partial charge in [-0.2, -0.15) is 5.10 Å². The second-order valence-electron chi connectivity index (χ2n) is 8.59. The molecular formula is C28H29N3O2. The van der Waals surface area contributed by atoms with Gasteiger partial charge in [-0.05, 0) is 30.2 Å². The number of ether oxygens (including phenoxy) is 2. The molecule has 4 aromatic rings. The van der Waals surface area contributed by atoms with Gasteiger partial charge in [0.15, 0.2) is 11.5 Å². The van der Waals surface area contributed by atoms with Gasteiger partial charge in [0, 0.05) is 42.9 Å². The monoisotopic (exact) mass is 439 g/mol. The van der Waals surface area contributed by atoms with Crippen LogP contribution >= 0.6 is 0 Å². The van der Waals surface area contributed by atoms with E-state index in [4.69, 9.17) is 14.6 Å². The smallest absolute Gasteiger partial charge is 0.171 e. The summed E-state index contributed by atoms with van der Waals surface area (Å²) < 4.78 is 12.0. The molecule has 0 spiro atoms. The number of aryl methyl sites for hydroxylation is 1. The van der Waals surface area contributed by atoms with Crippen LogP contribution in [0.5, 0.6) is 11.5 Å². The van der Waals surface area contributed by atoms with E-state index < -0.39 is 0 Å². The highest BCUT2D eigenvalue weighted by atomic mass is 16.5. The average molecular weight is 440 g/mol. The van der Waals surface area contributed by atoms with Crippen LogP contribution in [0.15, 0.2) is 72.8 Å². The summed E-state index contributed by atoms with van der Waals surface area (Å²) in [6.45, 7) is 5.36. The van der Waals surface area contributed by atoms with E-state index in [1.54, 1.807) is 7.11 Å². The molecule has 1 aliphatic heterocycles. The lowest BCUT2D eigenvalue weighted by Crippen LogP contribution is -2.30. The molecule has 5 nitrogen and oxygen atoms in total. The van der Waals surface area contributed by atoms with E-state index in [2.05, 4.69) is 77.6 Å². The number of methoxy groups -OCH3 is 1. The van der Waals surface area contributed by atoms with Crippen LogP contribution in [0.25, 0.3) is 11.3 Å². The fourth-order valence-electron chi connectivity index (χ4n) is 4.52. The lowest BCUT2D eigenvalue weighted by Gasteiger charge is -2.27. The van der Waals surface area contributed by atoms with Crippen LogP contribution < -0.4 is 9.47 Å². The van der Waals surface area contributed by atoms with E-state index in [0.717, 1.165) is 48.6 Å². The summed E-state index contributed by atoms with van der Waals surface area (Å²) in [4.78, 5) is 2.48. The first kappa shape index (κ1) is 21.3. The minimum Gasteiger partial charge on any atom is -0.493 e. The van der Waals surface area contributed by atoms with Crippen LogP contribution in [0.1, 0.15) is 27.9 Å². The van der Waals surface area contributed by atoms with Crippen molar-refractivity contribution in [3.8, 4) is 22.8 Å². The zero-order chi connectivity index (χ0) is 22.6. The van der Waals surface area contributed by atoms with Gasteiger partial charge in [-0.1, -0.05) is 66.2 Å². The first-order chi connectivity index (χ1) is 16.2. The summed E-state index contributed by atoms with van der Waals surface area (Å²) in [7, 11) is 1.68. The maximum absolute atomic E-state index is 6.35. The van der Waals surface area contributed by atoms with Gasteiger partial charge in [0.2, 0.25) is 0 Å². The molecule has 0 unspecified atom stereocenters. The number of para-hydroxylation sites is 1. The Balaban J connectivity index is 1.44. The van der Waals surface area contributed by atoms with E-state index in [0.29, 0.717) is 12.4 Å². The van der Waals surface area contributed by atoms with Gasteiger partial charge in [-0.3, -0.25) is 10.00 Å². The highest BCUT2D eigenvalue weighted by Crippen LogP contribution is 2.40. The quantitative estimate of drug-likeness (QED) is 0.411. The van der Waals surface area contributed by atoms with Crippen molar-refractivity contribution in [3.05, 3.63) is 101 Å². The van der Waals surface area contributed by atoms with Crippen molar-refractivity contribution in [2.45, 2.75) is 33.0 Å². The fourth-order valence-corrected chi connectivity index (χ4v) is 4.52. The van der Waals surface area contributed by atoms with E-state index in [1.165, 1.54) is 22.4 Å². The standard InChI is InChI=1S/C28H29N3O2/c1-20-8-6-11-22(16-20)19-33-28-23(12-7-13-26(28)32-2)27-24-18-31(15-14-25(24)29-30-27)17-21-9-4-3-5-10-21/h3-13,16H,14-15,17-19H2,1-2H3,(H,29,30). The van der Waals surface area contributed by atoms with Crippen LogP contribution in [0, 0.1) is 6.92 Å². The minimum atomic E-state index is 0.474. The zero-order valence-corrected chi connectivity index (χ0v) is 19.2. The van der Waals surface area contributed by atoms with Crippen molar-refractivity contribution >= 4 is 0 Å². The summed E-state index contributed by atoms with van der Waals surface area (Å²) in [5, 5.41) is 8.01. The summed E-state index contributed by atoms with van der Waals surface area (Å²) >= 11 is 0. The normalized spacial score (nSPS) is 13.5. The number of fused-ring (bicyclic) bond motifs is 1. The number of H-pyrrole nitrogens is 1.